The lowest BCUT2D eigenvalue weighted by molar-refractivity contribution is 0.540. The standard InChI is InChI=1S/C12H15ClFN/c1-12(2)6-11(12)15-7-8-5-9(14)3-4-10(8)13/h3-5,11,15H,6-7H2,1-2H3. The number of halogens is 2. The van der Waals surface area contributed by atoms with Gasteiger partial charge in [-0.05, 0) is 35.6 Å². The Hall–Kier alpha value is -0.600. The van der Waals surface area contributed by atoms with Crippen molar-refractivity contribution in [1.29, 1.82) is 0 Å². The molecule has 0 amide bonds. The zero-order valence-electron chi connectivity index (χ0n) is 8.98. The van der Waals surface area contributed by atoms with E-state index in [0.717, 1.165) is 5.56 Å². The Morgan fingerprint density at radius 1 is 1.53 bits per heavy atom. The Morgan fingerprint density at radius 2 is 2.20 bits per heavy atom. The summed E-state index contributed by atoms with van der Waals surface area (Å²) in [6.45, 7) is 5.08. The van der Waals surface area contributed by atoms with Crippen molar-refractivity contribution >= 4 is 11.6 Å². The molecule has 2 rings (SSSR count). The predicted molar refractivity (Wildman–Crippen MR) is 60.4 cm³/mol. The Balaban J connectivity index is 1.96. The number of nitrogens with one attached hydrogen (secondary N) is 1. The second kappa shape index (κ2) is 3.76. The van der Waals surface area contributed by atoms with E-state index in [1.54, 1.807) is 6.07 Å². The van der Waals surface area contributed by atoms with Gasteiger partial charge in [-0.15, -0.1) is 0 Å². The molecule has 0 bridgehead atoms. The Morgan fingerprint density at radius 3 is 2.80 bits per heavy atom. The van der Waals surface area contributed by atoms with Gasteiger partial charge in [-0.1, -0.05) is 25.4 Å². The van der Waals surface area contributed by atoms with Crippen LogP contribution in [0.15, 0.2) is 18.2 Å². The third-order valence-electron chi connectivity index (χ3n) is 3.06. The van der Waals surface area contributed by atoms with Crippen molar-refractivity contribution in [3.8, 4) is 0 Å². The molecular formula is C12H15ClFN. The number of rotatable bonds is 3. The lowest BCUT2D eigenvalue weighted by Crippen LogP contribution is -2.20. The second-order valence-electron chi connectivity index (χ2n) is 4.86. The van der Waals surface area contributed by atoms with Crippen LogP contribution in [0, 0.1) is 11.2 Å². The number of hydrogen-bond acceptors (Lipinski definition) is 1. The van der Waals surface area contributed by atoms with Crippen molar-refractivity contribution in [2.75, 3.05) is 0 Å². The Labute approximate surface area is 94.6 Å². The Kier molecular flexibility index (Phi) is 2.73. The van der Waals surface area contributed by atoms with Crippen molar-refractivity contribution in [1.82, 2.24) is 5.32 Å². The van der Waals surface area contributed by atoms with E-state index in [9.17, 15) is 4.39 Å². The molecule has 0 aromatic heterocycles. The summed E-state index contributed by atoms with van der Waals surface area (Å²) in [6.07, 6.45) is 1.18. The van der Waals surface area contributed by atoms with Crippen molar-refractivity contribution in [3.63, 3.8) is 0 Å². The van der Waals surface area contributed by atoms with Crippen LogP contribution in [0.2, 0.25) is 5.02 Å². The van der Waals surface area contributed by atoms with Gasteiger partial charge < -0.3 is 5.32 Å². The van der Waals surface area contributed by atoms with Crippen LogP contribution in [0.4, 0.5) is 4.39 Å². The lowest BCUT2D eigenvalue weighted by Gasteiger charge is -2.08. The number of benzene rings is 1. The van der Waals surface area contributed by atoms with Gasteiger partial charge in [-0.25, -0.2) is 4.39 Å². The van der Waals surface area contributed by atoms with Crippen LogP contribution in [0.3, 0.4) is 0 Å². The molecule has 0 heterocycles. The summed E-state index contributed by atoms with van der Waals surface area (Å²) >= 11 is 5.96. The molecule has 1 saturated carbocycles. The zero-order chi connectivity index (χ0) is 11.1. The summed E-state index contributed by atoms with van der Waals surface area (Å²) in [5, 5.41) is 4.01. The number of hydrogen-bond donors (Lipinski definition) is 1. The van der Waals surface area contributed by atoms with E-state index in [1.807, 2.05) is 0 Å². The van der Waals surface area contributed by atoms with E-state index < -0.39 is 0 Å². The maximum atomic E-state index is 13.0. The van der Waals surface area contributed by atoms with E-state index in [0.29, 0.717) is 23.0 Å². The molecule has 1 atom stereocenters. The van der Waals surface area contributed by atoms with E-state index in [2.05, 4.69) is 19.2 Å². The van der Waals surface area contributed by atoms with Crippen LogP contribution in [0.1, 0.15) is 25.8 Å². The monoisotopic (exact) mass is 227 g/mol. The van der Waals surface area contributed by atoms with Crippen molar-refractivity contribution in [3.05, 3.63) is 34.6 Å². The normalized spacial score (nSPS) is 22.8. The van der Waals surface area contributed by atoms with Crippen LogP contribution in [0.5, 0.6) is 0 Å². The van der Waals surface area contributed by atoms with E-state index in [1.165, 1.54) is 18.6 Å². The first-order valence-electron chi connectivity index (χ1n) is 5.16. The third-order valence-corrected chi connectivity index (χ3v) is 3.43. The topological polar surface area (TPSA) is 12.0 Å². The highest BCUT2D eigenvalue weighted by Gasteiger charge is 2.44. The lowest BCUT2D eigenvalue weighted by atomic mass is 10.2. The van der Waals surface area contributed by atoms with Gasteiger partial charge in [0.1, 0.15) is 5.82 Å². The van der Waals surface area contributed by atoms with Crippen molar-refractivity contribution in [2.24, 2.45) is 5.41 Å². The molecule has 1 aliphatic carbocycles. The molecule has 82 valence electrons. The first-order chi connectivity index (χ1) is 6.99. The molecule has 1 unspecified atom stereocenters. The van der Waals surface area contributed by atoms with E-state index in [4.69, 9.17) is 11.6 Å². The molecule has 1 nitrogen and oxygen atoms in total. The van der Waals surface area contributed by atoms with Crippen LogP contribution in [-0.4, -0.2) is 6.04 Å². The quantitative estimate of drug-likeness (QED) is 0.835. The molecule has 0 aliphatic heterocycles. The molecule has 1 aliphatic rings. The van der Waals surface area contributed by atoms with Crippen LogP contribution < -0.4 is 5.32 Å². The molecule has 1 N–H and O–H groups in total. The largest absolute Gasteiger partial charge is 0.309 e. The summed E-state index contributed by atoms with van der Waals surface area (Å²) in [7, 11) is 0. The molecule has 0 saturated heterocycles. The van der Waals surface area contributed by atoms with Gasteiger partial charge >= 0.3 is 0 Å². The van der Waals surface area contributed by atoms with Crippen LogP contribution in [0.25, 0.3) is 0 Å². The molecule has 15 heavy (non-hydrogen) atoms. The Bertz CT molecular complexity index is 376. The summed E-state index contributed by atoms with van der Waals surface area (Å²) in [6, 6.07) is 5.01. The molecular weight excluding hydrogens is 213 g/mol. The van der Waals surface area contributed by atoms with Gasteiger partial charge in [0, 0.05) is 17.6 Å². The van der Waals surface area contributed by atoms with Crippen molar-refractivity contribution in [2.45, 2.75) is 32.9 Å². The maximum Gasteiger partial charge on any atom is 0.123 e. The summed E-state index contributed by atoms with van der Waals surface area (Å²) < 4.78 is 13.0. The minimum Gasteiger partial charge on any atom is -0.309 e. The molecule has 3 heteroatoms. The SMILES string of the molecule is CC1(C)CC1NCc1cc(F)ccc1Cl. The maximum absolute atomic E-state index is 13.0. The fourth-order valence-electron chi connectivity index (χ4n) is 1.73. The average Bonchev–Trinajstić information content (AvgIpc) is 2.76. The third kappa shape index (κ3) is 2.50. The van der Waals surface area contributed by atoms with Gasteiger partial charge in [0.25, 0.3) is 0 Å². The van der Waals surface area contributed by atoms with Crippen molar-refractivity contribution < 1.29 is 4.39 Å². The van der Waals surface area contributed by atoms with Gasteiger partial charge in [0.2, 0.25) is 0 Å². The highest BCUT2D eigenvalue weighted by Crippen LogP contribution is 2.44. The molecule has 1 aromatic carbocycles. The molecule has 0 spiro atoms. The van der Waals surface area contributed by atoms with Gasteiger partial charge in [-0.3, -0.25) is 0 Å². The van der Waals surface area contributed by atoms with Gasteiger partial charge in [-0.2, -0.15) is 0 Å². The van der Waals surface area contributed by atoms with Crippen LogP contribution in [-0.2, 0) is 6.54 Å². The first kappa shape index (κ1) is 10.9. The summed E-state index contributed by atoms with van der Waals surface area (Å²) in [5.41, 5.74) is 1.22. The molecule has 1 fully saturated rings. The minimum absolute atomic E-state index is 0.230. The predicted octanol–water partition coefficient (Wildman–Crippen LogP) is 3.37. The first-order valence-corrected chi connectivity index (χ1v) is 5.54. The molecule has 1 aromatic rings. The van der Waals surface area contributed by atoms with E-state index in [-0.39, 0.29) is 5.82 Å². The smallest absolute Gasteiger partial charge is 0.123 e. The summed E-state index contributed by atoms with van der Waals surface area (Å²) in [5.74, 6) is -0.230. The van der Waals surface area contributed by atoms with E-state index >= 15 is 0 Å². The molecule has 0 radical (unpaired) electrons. The van der Waals surface area contributed by atoms with Gasteiger partial charge in [0.05, 0.1) is 0 Å². The zero-order valence-corrected chi connectivity index (χ0v) is 9.74. The van der Waals surface area contributed by atoms with Crippen LogP contribution >= 0.6 is 11.6 Å². The average molecular weight is 228 g/mol. The summed E-state index contributed by atoms with van der Waals surface area (Å²) in [4.78, 5) is 0. The fourth-order valence-corrected chi connectivity index (χ4v) is 1.91. The highest BCUT2D eigenvalue weighted by molar-refractivity contribution is 6.31. The van der Waals surface area contributed by atoms with Gasteiger partial charge in [0.15, 0.2) is 0 Å². The second-order valence-corrected chi connectivity index (χ2v) is 5.27. The fraction of sp³-hybridized carbons (Fsp3) is 0.500. The highest BCUT2D eigenvalue weighted by atomic mass is 35.5. The minimum atomic E-state index is -0.230.